The van der Waals surface area contributed by atoms with Crippen molar-refractivity contribution in [1.29, 1.82) is 0 Å². The second-order valence-corrected chi connectivity index (χ2v) is 9.98. The van der Waals surface area contributed by atoms with Crippen molar-refractivity contribution in [3.63, 3.8) is 0 Å². The Balaban J connectivity index is 1.54. The fourth-order valence-electron chi connectivity index (χ4n) is 4.90. The van der Waals surface area contributed by atoms with Gasteiger partial charge in [0.15, 0.2) is 11.6 Å². The average Bonchev–Trinajstić information content (AvgIpc) is 2.96. The Kier molecular flexibility index (Phi) is 10.3. The number of ether oxygens (including phenoxy) is 2. The lowest BCUT2D eigenvalue weighted by molar-refractivity contribution is -0.136. The molecule has 0 heterocycles. The lowest BCUT2D eigenvalue weighted by Gasteiger charge is -2.33. The minimum Gasteiger partial charge on any atom is -0.494 e. The lowest BCUT2D eigenvalue weighted by atomic mass is 9.90. The molecule has 0 amide bonds. The van der Waals surface area contributed by atoms with Crippen molar-refractivity contribution in [3.05, 3.63) is 131 Å². The molecule has 1 N–H and O–H groups in total. The standard InChI is InChI=1S/C34H36FNO4/c1-25(18-19-40-30-15-9-10-26(20-30)22-34(37)38)36(23-27-16-17-33(39-2)32(35)21-27)24-31(28-11-5-3-6-12-28)29-13-7-4-8-14-29/h3-17,20-21,25,31H,18-19,22-24H2,1-2H3,(H,37,38)/t25-/m1/s1. The van der Waals surface area contributed by atoms with Crippen LogP contribution < -0.4 is 9.47 Å². The Bertz CT molecular complexity index is 1320. The van der Waals surface area contributed by atoms with Gasteiger partial charge in [0.2, 0.25) is 0 Å². The molecule has 0 fully saturated rings. The Morgan fingerprint density at radius 3 is 2.15 bits per heavy atom. The van der Waals surface area contributed by atoms with E-state index >= 15 is 0 Å². The quantitative estimate of drug-likeness (QED) is 0.187. The monoisotopic (exact) mass is 541 g/mol. The van der Waals surface area contributed by atoms with Gasteiger partial charge in [-0.05, 0) is 59.9 Å². The summed E-state index contributed by atoms with van der Waals surface area (Å²) in [6.07, 6.45) is 0.693. The minimum atomic E-state index is -0.872. The van der Waals surface area contributed by atoms with E-state index in [2.05, 4.69) is 60.4 Å². The zero-order valence-corrected chi connectivity index (χ0v) is 23.0. The van der Waals surface area contributed by atoms with Gasteiger partial charge in [0.25, 0.3) is 0 Å². The van der Waals surface area contributed by atoms with Gasteiger partial charge < -0.3 is 14.6 Å². The number of methoxy groups -OCH3 is 1. The molecule has 0 spiro atoms. The Morgan fingerprint density at radius 2 is 1.55 bits per heavy atom. The molecule has 0 radical (unpaired) electrons. The van der Waals surface area contributed by atoms with Gasteiger partial charge in [-0.1, -0.05) is 78.9 Å². The van der Waals surface area contributed by atoms with Crippen molar-refractivity contribution >= 4 is 5.97 Å². The van der Waals surface area contributed by atoms with Gasteiger partial charge in [0.05, 0.1) is 20.1 Å². The smallest absolute Gasteiger partial charge is 0.307 e. The molecule has 0 saturated heterocycles. The summed E-state index contributed by atoms with van der Waals surface area (Å²) in [5, 5.41) is 9.10. The van der Waals surface area contributed by atoms with E-state index in [1.165, 1.54) is 18.2 Å². The first-order valence-electron chi connectivity index (χ1n) is 13.5. The first-order chi connectivity index (χ1) is 19.4. The Labute approximate surface area is 235 Å². The first kappa shape index (κ1) is 28.8. The van der Waals surface area contributed by atoms with Crippen LogP contribution in [-0.2, 0) is 17.8 Å². The number of hydrogen-bond donors (Lipinski definition) is 1. The van der Waals surface area contributed by atoms with Gasteiger partial charge in [-0.3, -0.25) is 9.69 Å². The van der Waals surface area contributed by atoms with E-state index in [0.717, 1.165) is 18.5 Å². The highest BCUT2D eigenvalue weighted by molar-refractivity contribution is 5.70. The van der Waals surface area contributed by atoms with E-state index < -0.39 is 5.97 Å². The molecule has 0 bridgehead atoms. The number of carbonyl (C=O) groups is 1. The molecule has 4 aromatic carbocycles. The first-order valence-corrected chi connectivity index (χ1v) is 13.5. The van der Waals surface area contributed by atoms with Crippen molar-refractivity contribution in [1.82, 2.24) is 4.90 Å². The SMILES string of the molecule is COc1ccc(CN(CC(c2ccccc2)c2ccccc2)[C@H](C)CCOc2cccc(CC(=O)O)c2)cc1F. The highest BCUT2D eigenvalue weighted by atomic mass is 19.1. The Morgan fingerprint density at radius 1 is 0.875 bits per heavy atom. The molecule has 1 atom stereocenters. The number of benzene rings is 4. The molecule has 6 heteroatoms. The van der Waals surface area contributed by atoms with E-state index in [9.17, 15) is 9.18 Å². The summed E-state index contributed by atoms with van der Waals surface area (Å²) < 4.78 is 25.7. The molecule has 0 unspecified atom stereocenters. The van der Waals surface area contributed by atoms with Crippen LogP contribution >= 0.6 is 0 Å². The molecule has 208 valence electrons. The molecular weight excluding hydrogens is 505 g/mol. The maximum Gasteiger partial charge on any atom is 0.307 e. The van der Waals surface area contributed by atoms with E-state index in [1.54, 1.807) is 24.3 Å². The molecular formula is C34H36FNO4. The second kappa shape index (κ2) is 14.3. The molecule has 0 saturated carbocycles. The third-order valence-corrected chi connectivity index (χ3v) is 7.10. The van der Waals surface area contributed by atoms with Crippen LogP contribution in [0.1, 0.15) is 41.5 Å². The van der Waals surface area contributed by atoms with Crippen LogP contribution in [0.15, 0.2) is 103 Å². The Hall–Kier alpha value is -4.16. The second-order valence-electron chi connectivity index (χ2n) is 9.98. The van der Waals surface area contributed by atoms with Crippen LogP contribution in [-0.4, -0.2) is 42.3 Å². The van der Waals surface area contributed by atoms with Crippen molar-refractivity contribution < 1.29 is 23.8 Å². The summed E-state index contributed by atoms with van der Waals surface area (Å²) in [5.41, 5.74) is 4.01. The lowest BCUT2D eigenvalue weighted by Crippen LogP contribution is -2.37. The molecule has 0 aliphatic carbocycles. The minimum absolute atomic E-state index is 0.0415. The van der Waals surface area contributed by atoms with Gasteiger partial charge in [-0.2, -0.15) is 0 Å². The van der Waals surface area contributed by atoms with E-state index in [0.29, 0.717) is 24.5 Å². The maximum absolute atomic E-state index is 14.6. The van der Waals surface area contributed by atoms with Crippen LogP contribution in [0.25, 0.3) is 0 Å². The molecule has 4 rings (SSSR count). The predicted molar refractivity (Wildman–Crippen MR) is 155 cm³/mol. The fraction of sp³-hybridized carbons (Fsp3) is 0.265. The maximum atomic E-state index is 14.6. The number of nitrogens with zero attached hydrogens (tertiary/aromatic N) is 1. The van der Waals surface area contributed by atoms with Gasteiger partial charge in [-0.25, -0.2) is 4.39 Å². The highest BCUT2D eigenvalue weighted by Crippen LogP contribution is 2.28. The van der Waals surface area contributed by atoms with Gasteiger partial charge in [-0.15, -0.1) is 0 Å². The zero-order valence-electron chi connectivity index (χ0n) is 23.0. The summed E-state index contributed by atoms with van der Waals surface area (Å²) in [4.78, 5) is 13.5. The zero-order chi connectivity index (χ0) is 28.3. The number of rotatable bonds is 14. The molecule has 40 heavy (non-hydrogen) atoms. The summed E-state index contributed by atoms with van der Waals surface area (Å²) in [7, 11) is 1.47. The largest absolute Gasteiger partial charge is 0.494 e. The number of hydrogen-bond acceptors (Lipinski definition) is 4. The van der Waals surface area contributed by atoms with Crippen LogP contribution in [0, 0.1) is 5.82 Å². The van der Waals surface area contributed by atoms with Crippen molar-refractivity contribution in [2.75, 3.05) is 20.3 Å². The van der Waals surface area contributed by atoms with Crippen molar-refractivity contribution in [2.45, 2.75) is 38.3 Å². The van der Waals surface area contributed by atoms with Crippen LogP contribution in [0.4, 0.5) is 4.39 Å². The summed E-state index contributed by atoms with van der Waals surface area (Å²) >= 11 is 0. The molecule has 0 aliphatic rings. The third-order valence-electron chi connectivity index (χ3n) is 7.10. The molecule has 5 nitrogen and oxygen atoms in total. The van der Waals surface area contributed by atoms with Crippen LogP contribution in [0.3, 0.4) is 0 Å². The van der Waals surface area contributed by atoms with E-state index in [-0.39, 0.29) is 29.9 Å². The third kappa shape index (κ3) is 8.17. The number of halogens is 1. The molecule has 4 aromatic rings. The normalized spacial score (nSPS) is 11.9. The molecule has 0 aromatic heterocycles. The topological polar surface area (TPSA) is 59.0 Å². The van der Waals surface area contributed by atoms with E-state index in [1.807, 2.05) is 30.3 Å². The summed E-state index contributed by atoms with van der Waals surface area (Å²) in [6, 6.07) is 33.4. The number of aliphatic carboxylic acids is 1. The highest BCUT2D eigenvalue weighted by Gasteiger charge is 2.23. The number of carboxylic acid groups (broad SMARTS) is 1. The number of carboxylic acids is 1. The van der Waals surface area contributed by atoms with Gasteiger partial charge >= 0.3 is 5.97 Å². The predicted octanol–water partition coefficient (Wildman–Crippen LogP) is 6.95. The molecule has 0 aliphatic heterocycles. The van der Waals surface area contributed by atoms with Gasteiger partial charge in [0, 0.05) is 25.0 Å². The van der Waals surface area contributed by atoms with E-state index in [4.69, 9.17) is 14.6 Å². The fourth-order valence-corrected chi connectivity index (χ4v) is 4.90. The van der Waals surface area contributed by atoms with Crippen LogP contribution in [0.2, 0.25) is 0 Å². The average molecular weight is 542 g/mol. The van der Waals surface area contributed by atoms with Crippen molar-refractivity contribution in [3.8, 4) is 11.5 Å². The van der Waals surface area contributed by atoms with Crippen LogP contribution in [0.5, 0.6) is 11.5 Å². The van der Waals surface area contributed by atoms with Gasteiger partial charge in [0.1, 0.15) is 5.75 Å². The summed E-state index contributed by atoms with van der Waals surface area (Å²) in [5.74, 6) is -0.237. The summed E-state index contributed by atoms with van der Waals surface area (Å²) in [6.45, 7) is 3.92. The van der Waals surface area contributed by atoms with Crippen molar-refractivity contribution in [2.24, 2.45) is 0 Å².